The summed E-state index contributed by atoms with van der Waals surface area (Å²) in [7, 11) is 0. The highest BCUT2D eigenvalue weighted by Crippen LogP contribution is 2.41. The normalized spacial score (nSPS) is 13.6. The van der Waals surface area contributed by atoms with Crippen LogP contribution in [0.25, 0.3) is 11.4 Å². The summed E-state index contributed by atoms with van der Waals surface area (Å²) >= 11 is 7.41. The highest BCUT2D eigenvalue weighted by Gasteiger charge is 2.30. The number of nitrogens with one attached hydrogen (secondary N) is 1. The van der Waals surface area contributed by atoms with Gasteiger partial charge in [0.2, 0.25) is 5.91 Å². The number of hydrogen-bond acceptors (Lipinski definition) is 5. The first-order valence-corrected chi connectivity index (χ1v) is 10.0. The number of carbonyl (C=O) groups excluding carboxylic acids is 1. The van der Waals surface area contributed by atoms with Crippen molar-refractivity contribution in [1.82, 2.24) is 19.7 Å². The molecule has 3 aromatic rings. The molecule has 138 valence electrons. The van der Waals surface area contributed by atoms with Crippen LogP contribution in [0.1, 0.15) is 24.4 Å². The zero-order chi connectivity index (χ0) is 18.8. The lowest BCUT2D eigenvalue weighted by Crippen LogP contribution is -2.15. The minimum atomic E-state index is -0.0961. The van der Waals surface area contributed by atoms with Crippen LogP contribution in [0, 0.1) is 6.92 Å². The highest BCUT2D eigenvalue weighted by molar-refractivity contribution is 7.99. The van der Waals surface area contributed by atoms with Crippen molar-refractivity contribution in [3.05, 3.63) is 53.3 Å². The molecule has 1 aliphatic rings. The first kappa shape index (κ1) is 18.0. The molecule has 0 saturated heterocycles. The van der Waals surface area contributed by atoms with Crippen LogP contribution in [0.4, 0.5) is 5.69 Å². The largest absolute Gasteiger partial charge is 0.325 e. The third-order valence-electron chi connectivity index (χ3n) is 4.32. The minimum absolute atomic E-state index is 0.0961. The number of carbonyl (C=O) groups is 1. The number of rotatable bonds is 6. The Morgan fingerprint density at radius 3 is 2.78 bits per heavy atom. The molecule has 0 unspecified atom stereocenters. The van der Waals surface area contributed by atoms with Crippen molar-refractivity contribution in [3.63, 3.8) is 0 Å². The SMILES string of the molecule is Cc1ccc(Cl)cc1NC(=O)CSc1nnc(-c2ccncc2)n1C1CC1. The molecular weight excluding hydrogens is 382 g/mol. The molecule has 6 nitrogen and oxygen atoms in total. The number of hydrogen-bond donors (Lipinski definition) is 1. The lowest BCUT2D eigenvalue weighted by molar-refractivity contribution is -0.113. The zero-order valence-electron chi connectivity index (χ0n) is 14.7. The first-order chi connectivity index (χ1) is 13.1. The monoisotopic (exact) mass is 399 g/mol. The fraction of sp³-hybridized carbons (Fsp3) is 0.263. The highest BCUT2D eigenvalue weighted by atomic mass is 35.5. The van der Waals surface area contributed by atoms with Crippen LogP contribution in [0.15, 0.2) is 47.9 Å². The van der Waals surface area contributed by atoms with E-state index in [0.29, 0.717) is 11.1 Å². The lowest BCUT2D eigenvalue weighted by Gasteiger charge is -2.10. The third-order valence-corrected chi connectivity index (χ3v) is 5.50. The fourth-order valence-corrected chi connectivity index (χ4v) is 3.76. The summed E-state index contributed by atoms with van der Waals surface area (Å²) in [5, 5.41) is 12.9. The Morgan fingerprint density at radius 2 is 2.04 bits per heavy atom. The molecular formula is C19H18ClN5OS. The van der Waals surface area contributed by atoms with Crippen molar-refractivity contribution in [2.45, 2.75) is 31.0 Å². The molecule has 2 aromatic heterocycles. The van der Waals surface area contributed by atoms with Crippen LogP contribution in [0.5, 0.6) is 0 Å². The van der Waals surface area contributed by atoms with Gasteiger partial charge in [-0.05, 0) is 49.6 Å². The Bertz CT molecular complexity index is 971. The number of amides is 1. The van der Waals surface area contributed by atoms with Crippen LogP contribution < -0.4 is 5.32 Å². The van der Waals surface area contributed by atoms with Crippen LogP contribution in [0.2, 0.25) is 5.02 Å². The van der Waals surface area contributed by atoms with E-state index in [4.69, 9.17) is 11.6 Å². The first-order valence-electron chi connectivity index (χ1n) is 8.66. The molecule has 1 aliphatic carbocycles. The van der Waals surface area contributed by atoms with Gasteiger partial charge in [0.05, 0.1) is 5.75 Å². The number of nitrogens with zero attached hydrogens (tertiary/aromatic N) is 4. The molecule has 1 aromatic carbocycles. The second-order valence-corrected chi connectivity index (χ2v) is 7.82. The van der Waals surface area contributed by atoms with Crippen LogP contribution >= 0.6 is 23.4 Å². The molecule has 8 heteroatoms. The lowest BCUT2D eigenvalue weighted by atomic mass is 10.2. The standard InChI is InChI=1S/C19H18ClN5OS/c1-12-2-3-14(20)10-16(12)22-17(26)11-27-19-24-23-18(25(19)15-4-5-15)13-6-8-21-9-7-13/h2-3,6-10,15H,4-5,11H2,1H3,(H,22,26). The van der Waals surface area contributed by atoms with E-state index >= 15 is 0 Å². The Hall–Kier alpha value is -2.38. The molecule has 0 spiro atoms. The molecule has 0 atom stereocenters. The topological polar surface area (TPSA) is 72.7 Å². The van der Waals surface area contributed by atoms with Gasteiger partial charge in [-0.25, -0.2) is 0 Å². The average molecular weight is 400 g/mol. The van der Waals surface area contributed by atoms with Crippen molar-refractivity contribution in [1.29, 1.82) is 0 Å². The van der Waals surface area contributed by atoms with Crippen molar-refractivity contribution in [2.75, 3.05) is 11.1 Å². The van der Waals surface area contributed by atoms with E-state index in [2.05, 4.69) is 25.1 Å². The van der Waals surface area contributed by atoms with Gasteiger partial charge in [-0.3, -0.25) is 14.3 Å². The molecule has 0 bridgehead atoms. The summed E-state index contributed by atoms with van der Waals surface area (Å²) in [6.45, 7) is 1.93. The Morgan fingerprint density at radius 1 is 1.26 bits per heavy atom. The molecule has 0 radical (unpaired) electrons. The predicted molar refractivity (Wildman–Crippen MR) is 107 cm³/mol. The van der Waals surface area contributed by atoms with Gasteiger partial charge in [0, 0.05) is 34.7 Å². The van der Waals surface area contributed by atoms with Gasteiger partial charge in [-0.2, -0.15) is 0 Å². The molecule has 1 amide bonds. The summed E-state index contributed by atoms with van der Waals surface area (Å²) in [4.78, 5) is 16.4. The number of thioether (sulfide) groups is 1. The Labute approximate surface area is 166 Å². The van der Waals surface area contributed by atoms with E-state index in [1.807, 2.05) is 25.1 Å². The van der Waals surface area contributed by atoms with Crippen LogP contribution in [-0.2, 0) is 4.79 Å². The third kappa shape index (κ3) is 4.14. The number of benzene rings is 1. The second kappa shape index (κ2) is 7.70. The molecule has 1 N–H and O–H groups in total. The van der Waals surface area contributed by atoms with E-state index in [9.17, 15) is 4.79 Å². The summed E-state index contributed by atoms with van der Waals surface area (Å²) in [6.07, 6.45) is 5.71. The number of aromatic nitrogens is 4. The number of anilines is 1. The van der Waals surface area contributed by atoms with E-state index in [1.165, 1.54) is 11.8 Å². The van der Waals surface area contributed by atoms with Gasteiger partial charge in [0.15, 0.2) is 11.0 Å². The molecule has 27 heavy (non-hydrogen) atoms. The molecule has 0 aliphatic heterocycles. The predicted octanol–water partition coefficient (Wildman–Crippen LogP) is 4.37. The fourth-order valence-electron chi connectivity index (χ4n) is 2.78. The Balaban J connectivity index is 1.48. The van der Waals surface area contributed by atoms with Gasteiger partial charge >= 0.3 is 0 Å². The average Bonchev–Trinajstić information content (AvgIpc) is 3.43. The summed E-state index contributed by atoms with van der Waals surface area (Å²) < 4.78 is 2.14. The molecule has 4 rings (SSSR count). The quantitative estimate of drug-likeness (QED) is 0.623. The summed E-state index contributed by atoms with van der Waals surface area (Å²) in [5.41, 5.74) is 2.68. The van der Waals surface area contributed by atoms with Crippen LogP contribution in [0.3, 0.4) is 0 Å². The van der Waals surface area contributed by atoms with Crippen molar-refractivity contribution in [2.24, 2.45) is 0 Å². The van der Waals surface area contributed by atoms with Gasteiger partial charge in [0.25, 0.3) is 0 Å². The Kier molecular flexibility index (Phi) is 5.13. The summed E-state index contributed by atoms with van der Waals surface area (Å²) in [6, 6.07) is 9.70. The maximum absolute atomic E-state index is 12.4. The van der Waals surface area contributed by atoms with Crippen molar-refractivity contribution < 1.29 is 4.79 Å². The van der Waals surface area contributed by atoms with E-state index in [0.717, 1.165) is 40.6 Å². The molecule has 2 heterocycles. The second-order valence-electron chi connectivity index (χ2n) is 6.44. The van der Waals surface area contributed by atoms with E-state index < -0.39 is 0 Å². The number of aryl methyl sites for hydroxylation is 1. The van der Waals surface area contributed by atoms with Crippen LogP contribution in [-0.4, -0.2) is 31.4 Å². The van der Waals surface area contributed by atoms with E-state index in [-0.39, 0.29) is 11.7 Å². The summed E-state index contributed by atoms with van der Waals surface area (Å²) in [5.74, 6) is 0.988. The van der Waals surface area contributed by atoms with Crippen molar-refractivity contribution in [3.8, 4) is 11.4 Å². The maximum atomic E-state index is 12.4. The molecule has 1 fully saturated rings. The maximum Gasteiger partial charge on any atom is 0.234 e. The minimum Gasteiger partial charge on any atom is -0.325 e. The van der Waals surface area contributed by atoms with E-state index in [1.54, 1.807) is 24.5 Å². The van der Waals surface area contributed by atoms with Gasteiger partial charge in [-0.15, -0.1) is 10.2 Å². The zero-order valence-corrected chi connectivity index (χ0v) is 16.3. The number of pyridine rings is 1. The number of halogens is 1. The van der Waals surface area contributed by atoms with Gasteiger partial charge < -0.3 is 5.32 Å². The van der Waals surface area contributed by atoms with Crippen molar-refractivity contribution >= 4 is 35.0 Å². The van der Waals surface area contributed by atoms with Gasteiger partial charge in [-0.1, -0.05) is 29.4 Å². The van der Waals surface area contributed by atoms with Gasteiger partial charge in [0.1, 0.15) is 0 Å². The smallest absolute Gasteiger partial charge is 0.234 e. The molecule has 1 saturated carbocycles.